The molecule has 0 aromatic rings. The van der Waals surface area contributed by atoms with Crippen molar-refractivity contribution in [1.29, 1.82) is 0 Å². The minimum Gasteiger partial charge on any atom is -0.312 e. The van der Waals surface area contributed by atoms with Gasteiger partial charge in [-0.3, -0.25) is 0 Å². The summed E-state index contributed by atoms with van der Waals surface area (Å²) in [6, 6.07) is 0.641. The predicted molar refractivity (Wildman–Crippen MR) is 71.8 cm³/mol. The third-order valence-corrected chi connectivity index (χ3v) is 3.55. The van der Waals surface area contributed by atoms with Crippen LogP contribution in [0.4, 0.5) is 0 Å². The first kappa shape index (κ1) is 14.0. The Morgan fingerprint density at radius 3 is 2.56 bits per heavy atom. The van der Waals surface area contributed by atoms with E-state index < -0.39 is 0 Å². The van der Waals surface area contributed by atoms with Crippen molar-refractivity contribution in [2.75, 3.05) is 26.2 Å². The van der Waals surface area contributed by atoms with Gasteiger partial charge in [0.15, 0.2) is 0 Å². The standard InChI is InChI=1S/C14H30N2/c1-12(2)7-10-16-9-6-8-15-13(11-16)14(3,4)5/h12-13,15H,6-11H2,1-5H3. The highest BCUT2D eigenvalue weighted by atomic mass is 15.2. The lowest BCUT2D eigenvalue weighted by Crippen LogP contribution is -2.46. The first-order valence-corrected chi connectivity index (χ1v) is 6.85. The lowest BCUT2D eigenvalue weighted by atomic mass is 9.86. The Hall–Kier alpha value is -0.0800. The van der Waals surface area contributed by atoms with E-state index in [-0.39, 0.29) is 0 Å². The number of hydrogen-bond acceptors (Lipinski definition) is 2. The Morgan fingerprint density at radius 2 is 2.00 bits per heavy atom. The van der Waals surface area contributed by atoms with Gasteiger partial charge >= 0.3 is 0 Å². The van der Waals surface area contributed by atoms with Crippen molar-refractivity contribution in [3.63, 3.8) is 0 Å². The van der Waals surface area contributed by atoms with Gasteiger partial charge in [-0.05, 0) is 43.8 Å². The summed E-state index contributed by atoms with van der Waals surface area (Å²) in [4.78, 5) is 2.65. The molecule has 0 spiro atoms. The number of hydrogen-bond donors (Lipinski definition) is 1. The van der Waals surface area contributed by atoms with E-state index in [0.29, 0.717) is 11.5 Å². The van der Waals surface area contributed by atoms with Crippen molar-refractivity contribution in [3.8, 4) is 0 Å². The van der Waals surface area contributed by atoms with Crippen LogP contribution in [0.25, 0.3) is 0 Å². The number of nitrogens with zero attached hydrogens (tertiary/aromatic N) is 1. The van der Waals surface area contributed by atoms with Crippen LogP contribution in [0.1, 0.15) is 47.5 Å². The maximum atomic E-state index is 3.70. The van der Waals surface area contributed by atoms with Gasteiger partial charge in [0.2, 0.25) is 0 Å². The second-order valence-electron chi connectivity index (χ2n) is 6.71. The average molecular weight is 226 g/mol. The minimum atomic E-state index is 0.375. The van der Waals surface area contributed by atoms with Crippen LogP contribution in [0.3, 0.4) is 0 Å². The summed E-state index contributed by atoms with van der Waals surface area (Å²) in [6.07, 6.45) is 2.63. The number of nitrogens with one attached hydrogen (secondary N) is 1. The largest absolute Gasteiger partial charge is 0.312 e. The predicted octanol–water partition coefficient (Wildman–Crippen LogP) is 2.74. The molecule has 1 N–H and O–H groups in total. The van der Waals surface area contributed by atoms with Crippen LogP contribution >= 0.6 is 0 Å². The molecule has 1 aliphatic rings. The fourth-order valence-corrected chi connectivity index (χ4v) is 2.22. The quantitative estimate of drug-likeness (QED) is 0.796. The van der Waals surface area contributed by atoms with Crippen LogP contribution in [0.15, 0.2) is 0 Å². The van der Waals surface area contributed by atoms with E-state index in [1.165, 1.54) is 39.0 Å². The SMILES string of the molecule is CC(C)CCN1CCCNC(C(C)(C)C)C1. The van der Waals surface area contributed by atoms with Gasteiger partial charge in [-0.15, -0.1) is 0 Å². The first-order chi connectivity index (χ1) is 7.39. The monoisotopic (exact) mass is 226 g/mol. The molecule has 1 heterocycles. The molecule has 0 aromatic carbocycles. The maximum absolute atomic E-state index is 3.70. The average Bonchev–Trinajstić information content (AvgIpc) is 2.38. The van der Waals surface area contributed by atoms with E-state index >= 15 is 0 Å². The topological polar surface area (TPSA) is 15.3 Å². The lowest BCUT2D eigenvalue weighted by Gasteiger charge is -2.33. The maximum Gasteiger partial charge on any atom is 0.0243 e. The third-order valence-electron chi connectivity index (χ3n) is 3.55. The lowest BCUT2D eigenvalue weighted by molar-refractivity contribution is 0.191. The molecule has 2 nitrogen and oxygen atoms in total. The summed E-state index contributed by atoms with van der Waals surface area (Å²) in [5, 5.41) is 3.70. The molecular formula is C14H30N2. The zero-order valence-corrected chi connectivity index (χ0v) is 11.8. The van der Waals surface area contributed by atoms with Crippen molar-refractivity contribution in [1.82, 2.24) is 10.2 Å². The summed E-state index contributed by atoms with van der Waals surface area (Å²) < 4.78 is 0. The van der Waals surface area contributed by atoms with Crippen LogP contribution in [0.2, 0.25) is 0 Å². The molecule has 1 unspecified atom stereocenters. The summed E-state index contributed by atoms with van der Waals surface area (Å²) in [5.74, 6) is 0.823. The summed E-state index contributed by atoms with van der Waals surface area (Å²) in [5.41, 5.74) is 0.375. The van der Waals surface area contributed by atoms with E-state index in [1.807, 2.05) is 0 Å². The Bertz CT molecular complexity index is 193. The highest BCUT2D eigenvalue weighted by Crippen LogP contribution is 2.21. The first-order valence-electron chi connectivity index (χ1n) is 6.85. The van der Waals surface area contributed by atoms with Gasteiger partial charge in [0, 0.05) is 12.6 Å². The molecule has 1 atom stereocenters. The molecule has 1 fully saturated rings. The second kappa shape index (κ2) is 6.02. The molecule has 96 valence electrons. The van der Waals surface area contributed by atoms with Crippen LogP contribution in [-0.4, -0.2) is 37.1 Å². The van der Waals surface area contributed by atoms with Gasteiger partial charge in [0.1, 0.15) is 0 Å². The molecule has 1 aliphatic heterocycles. The molecule has 1 rings (SSSR count). The fraction of sp³-hybridized carbons (Fsp3) is 1.00. The van der Waals surface area contributed by atoms with Gasteiger partial charge in [0.05, 0.1) is 0 Å². The smallest absolute Gasteiger partial charge is 0.0243 e. The van der Waals surface area contributed by atoms with Crippen LogP contribution in [0.5, 0.6) is 0 Å². The van der Waals surface area contributed by atoms with Crippen molar-refractivity contribution in [2.24, 2.45) is 11.3 Å². The van der Waals surface area contributed by atoms with Crippen molar-refractivity contribution in [2.45, 2.75) is 53.5 Å². The van der Waals surface area contributed by atoms with Crippen LogP contribution < -0.4 is 5.32 Å². The zero-order valence-electron chi connectivity index (χ0n) is 11.8. The highest BCUT2D eigenvalue weighted by molar-refractivity contribution is 4.85. The van der Waals surface area contributed by atoms with Crippen molar-refractivity contribution >= 4 is 0 Å². The molecule has 1 saturated heterocycles. The van der Waals surface area contributed by atoms with Crippen molar-refractivity contribution < 1.29 is 0 Å². The van der Waals surface area contributed by atoms with Gasteiger partial charge in [-0.1, -0.05) is 34.6 Å². The summed E-state index contributed by atoms with van der Waals surface area (Å²) >= 11 is 0. The summed E-state index contributed by atoms with van der Waals surface area (Å²) in [7, 11) is 0. The molecule has 0 aromatic heterocycles. The second-order valence-corrected chi connectivity index (χ2v) is 6.71. The Balaban J connectivity index is 2.46. The van der Waals surface area contributed by atoms with Crippen molar-refractivity contribution in [3.05, 3.63) is 0 Å². The van der Waals surface area contributed by atoms with Gasteiger partial charge in [-0.25, -0.2) is 0 Å². The molecule has 2 heteroatoms. The molecule has 0 bridgehead atoms. The molecule has 0 amide bonds. The molecular weight excluding hydrogens is 196 g/mol. The molecule has 0 radical (unpaired) electrons. The Morgan fingerprint density at radius 1 is 1.31 bits per heavy atom. The van der Waals surface area contributed by atoms with E-state index in [1.54, 1.807) is 0 Å². The van der Waals surface area contributed by atoms with Crippen LogP contribution in [0, 0.1) is 11.3 Å². The van der Waals surface area contributed by atoms with Gasteiger partial charge < -0.3 is 10.2 Å². The van der Waals surface area contributed by atoms with E-state index in [0.717, 1.165) is 5.92 Å². The van der Waals surface area contributed by atoms with Crippen LogP contribution in [-0.2, 0) is 0 Å². The minimum absolute atomic E-state index is 0.375. The fourth-order valence-electron chi connectivity index (χ4n) is 2.22. The highest BCUT2D eigenvalue weighted by Gasteiger charge is 2.27. The Labute approximate surface area is 102 Å². The van der Waals surface area contributed by atoms with E-state index in [9.17, 15) is 0 Å². The van der Waals surface area contributed by atoms with E-state index in [4.69, 9.17) is 0 Å². The van der Waals surface area contributed by atoms with Gasteiger partial charge in [0.25, 0.3) is 0 Å². The Kier molecular flexibility index (Phi) is 5.26. The van der Waals surface area contributed by atoms with E-state index in [2.05, 4.69) is 44.8 Å². The zero-order chi connectivity index (χ0) is 12.2. The van der Waals surface area contributed by atoms with Gasteiger partial charge in [-0.2, -0.15) is 0 Å². The number of rotatable bonds is 3. The third kappa shape index (κ3) is 4.84. The summed E-state index contributed by atoms with van der Waals surface area (Å²) in [6.45, 7) is 16.6. The molecule has 16 heavy (non-hydrogen) atoms. The molecule has 0 saturated carbocycles. The normalized spacial score (nSPS) is 24.8. The molecule has 0 aliphatic carbocycles.